The topological polar surface area (TPSA) is 121 Å². The van der Waals surface area contributed by atoms with Crippen molar-refractivity contribution < 1.29 is 33.8 Å². The number of benzene rings is 5. The van der Waals surface area contributed by atoms with Gasteiger partial charge in [-0.05, 0) is 89.2 Å². The number of aliphatic hydroxyl groups is 1. The van der Waals surface area contributed by atoms with Crippen molar-refractivity contribution in [3.05, 3.63) is 82.9 Å². The molecule has 5 aromatic carbocycles. The maximum atomic E-state index is 13.7. The average molecular weight is 603 g/mol. The highest BCUT2D eigenvalue weighted by Crippen LogP contribution is 2.46. The number of ether oxygens (including phenoxy) is 1. The maximum Gasteiger partial charge on any atom is 0.333 e. The molecule has 0 atom stereocenters. The number of rotatable bonds is 10. The molecular weight excluding hydrogens is 572 g/mol. The van der Waals surface area contributed by atoms with Crippen molar-refractivity contribution >= 4 is 72.7 Å². The summed E-state index contributed by atoms with van der Waals surface area (Å²) in [6, 6.07) is 14.5. The van der Waals surface area contributed by atoms with Gasteiger partial charge in [0.2, 0.25) is 0 Å². The molecule has 4 amide bonds. The monoisotopic (exact) mass is 602 g/mol. The zero-order valence-electron chi connectivity index (χ0n) is 24.8. The summed E-state index contributed by atoms with van der Waals surface area (Å²) < 4.78 is 5.13. The lowest BCUT2D eigenvalue weighted by atomic mass is 9.82. The van der Waals surface area contributed by atoms with Gasteiger partial charge in [-0.15, -0.1) is 0 Å². The Kier molecular flexibility index (Phi) is 6.85. The number of unbranched alkanes of at least 4 members (excludes halogenated alkanes) is 2. The minimum Gasteiger partial charge on any atom is -0.462 e. The minimum atomic E-state index is -0.432. The lowest BCUT2D eigenvalue weighted by Crippen LogP contribution is -2.41. The standard InChI is InChI=1S/C36H30N2O7/c1-19(2)36(44)45-18-5-3-4-15-37-32(40)24-11-7-20-22-9-13-26-31-27(35(43)38(34(26)42)16-6-17-39)14-10-23(29(22)31)21-8-12-25(33(37)41)30(24)28(20)21/h7-14,39H,1,3-6,15-18H2,2H3. The minimum absolute atomic E-state index is 0.125. The van der Waals surface area contributed by atoms with Gasteiger partial charge < -0.3 is 9.84 Å². The van der Waals surface area contributed by atoms with E-state index in [0.717, 1.165) is 32.3 Å². The zero-order chi connectivity index (χ0) is 31.6. The smallest absolute Gasteiger partial charge is 0.333 e. The Morgan fingerprint density at radius 2 is 1.02 bits per heavy atom. The number of hydrogen-bond acceptors (Lipinski definition) is 7. The number of fused-ring (bicyclic) bond motifs is 2. The van der Waals surface area contributed by atoms with E-state index in [-0.39, 0.29) is 49.9 Å². The van der Waals surface area contributed by atoms with Crippen LogP contribution in [0.25, 0.3) is 43.1 Å². The number of amides is 4. The molecule has 0 aliphatic carbocycles. The molecule has 0 radical (unpaired) electrons. The Bertz CT molecular complexity index is 2030. The van der Waals surface area contributed by atoms with Gasteiger partial charge in [0.25, 0.3) is 23.6 Å². The summed E-state index contributed by atoms with van der Waals surface area (Å²) in [6.45, 7) is 5.67. The third-order valence-corrected chi connectivity index (χ3v) is 8.95. The molecule has 5 aromatic rings. The Labute approximate surface area is 258 Å². The van der Waals surface area contributed by atoms with Gasteiger partial charge in [0.05, 0.1) is 6.61 Å². The number of imide groups is 2. The van der Waals surface area contributed by atoms with Gasteiger partial charge in [-0.3, -0.25) is 29.0 Å². The van der Waals surface area contributed by atoms with Crippen LogP contribution in [0.2, 0.25) is 0 Å². The predicted octanol–water partition coefficient (Wildman–Crippen LogP) is 5.60. The number of carbonyl (C=O) groups excluding carboxylic acids is 5. The lowest BCUT2D eigenvalue weighted by Gasteiger charge is -2.30. The summed E-state index contributed by atoms with van der Waals surface area (Å²) in [4.78, 5) is 68.3. The second-order valence-electron chi connectivity index (χ2n) is 11.7. The summed E-state index contributed by atoms with van der Waals surface area (Å²) in [5, 5.41) is 15.5. The van der Waals surface area contributed by atoms with Crippen LogP contribution in [0.4, 0.5) is 0 Å². The molecule has 7 rings (SSSR count). The van der Waals surface area contributed by atoms with Crippen molar-refractivity contribution in [2.24, 2.45) is 0 Å². The fourth-order valence-electron chi connectivity index (χ4n) is 6.84. The number of carbonyl (C=O) groups is 5. The molecule has 1 N–H and O–H groups in total. The van der Waals surface area contributed by atoms with E-state index in [4.69, 9.17) is 4.74 Å². The Morgan fingerprint density at radius 1 is 0.622 bits per heavy atom. The van der Waals surface area contributed by atoms with Crippen molar-refractivity contribution in [3.8, 4) is 0 Å². The van der Waals surface area contributed by atoms with Crippen molar-refractivity contribution in [2.75, 3.05) is 26.3 Å². The van der Waals surface area contributed by atoms with E-state index in [1.165, 1.54) is 9.80 Å². The molecule has 9 heteroatoms. The summed E-state index contributed by atoms with van der Waals surface area (Å²) in [5.74, 6) is -1.89. The van der Waals surface area contributed by atoms with Gasteiger partial charge in [0, 0.05) is 58.3 Å². The molecule has 0 aromatic heterocycles. The first-order valence-corrected chi connectivity index (χ1v) is 15.1. The fraction of sp³-hybridized carbons (Fsp3) is 0.250. The zero-order valence-corrected chi connectivity index (χ0v) is 24.8. The van der Waals surface area contributed by atoms with Gasteiger partial charge in [-0.25, -0.2) is 4.79 Å². The molecule has 0 unspecified atom stereocenters. The van der Waals surface area contributed by atoms with Crippen LogP contribution < -0.4 is 0 Å². The van der Waals surface area contributed by atoms with Crippen LogP contribution in [-0.2, 0) is 9.53 Å². The van der Waals surface area contributed by atoms with Gasteiger partial charge in [-0.1, -0.05) is 30.8 Å². The molecule has 45 heavy (non-hydrogen) atoms. The normalized spacial score (nSPS) is 14.5. The first-order valence-electron chi connectivity index (χ1n) is 15.1. The summed E-state index contributed by atoms with van der Waals surface area (Å²) in [6.07, 6.45) is 2.16. The highest BCUT2D eigenvalue weighted by atomic mass is 16.5. The molecule has 9 nitrogen and oxygen atoms in total. The van der Waals surface area contributed by atoms with Crippen LogP contribution in [0.1, 0.15) is 74.0 Å². The van der Waals surface area contributed by atoms with Gasteiger partial charge >= 0.3 is 5.97 Å². The van der Waals surface area contributed by atoms with Crippen molar-refractivity contribution in [1.82, 2.24) is 9.80 Å². The van der Waals surface area contributed by atoms with E-state index in [0.29, 0.717) is 64.3 Å². The molecule has 0 fully saturated rings. The first kappa shape index (κ1) is 28.6. The Balaban J connectivity index is 1.28. The van der Waals surface area contributed by atoms with Crippen LogP contribution >= 0.6 is 0 Å². The molecular formula is C36H30N2O7. The van der Waals surface area contributed by atoms with Crippen LogP contribution in [-0.4, -0.2) is 70.8 Å². The van der Waals surface area contributed by atoms with E-state index < -0.39 is 5.97 Å². The summed E-state index contributed by atoms with van der Waals surface area (Å²) in [7, 11) is 0. The summed E-state index contributed by atoms with van der Waals surface area (Å²) >= 11 is 0. The molecule has 0 bridgehead atoms. The van der Waals surface area contributed by atoms with E-state index in [2.05, 4.69) is 6.58 Å². The highest BCUT2D eigenvalue weighted by Gasteiger charge is 2.36. The molecule has 226 valence electrons. The first-order chi connectivity index (χ1) is 21.7. The molecule has 0 saturated carbocycles. The van der Waals surface area contributed by atoms with E-state index >= 15 is 0 Å². The third kappa shape index (κ3) is 4.22. The largest absolute Gasteiger partial charge is 0.462 e. The molecule has 2 heterocycles. The number of hydrogen-bond donors (Lipinski definition) is 1. The second-order valence-corrected chi connectivity index (χ2v) is 11.7. The number of nitrogens with zero attached hydrogens (tertiary/aromatic N) is 2. The van der Waals surface area contributed by atoms with E-state index in [1.807, 2.05) is 24.3 Å². The third-order valence-electron chi connectivity index (χ3n) is 8.95. The van der Waals surface area contributed by atoms with Crippen LogP contribution in [0, 0.1) is 0 Å². The fourth-order valence-corrected chi connectivity index (χ4v) is 6.84. The van der Waals surface area contributed by atoms with Crippen molar-refractivity contribution in [2.45, 2.75) is 32.6 Å². The maximum absolute atomic E-state index is 13.7. The predicted molar refractivity (Wildman–Crippen MR) is 170 cm³/mol. The second kappa shape index (κ2) is 10.8. The SMILES string of the molecule is C=C(C)C(=O)OCCCCCN1C(=O)c2ccc3c4ccc5c6c(ccc(c7ccc(c2c37)C1=O)c64)C(=O)N(CCCO)C5=O. The van der Waals surface area contributed by atoms with Crippen LogP contribution in [0.15, 0.2) is 60.7 Å². The average Bonchev–Trinajstić information content (AvgIpc) is 3.04. The number of esters is 1. The van der Waals surface area contributed by atoms with Crippen LogP contribution in [0.5, 0.6) is 0 Å². The molecule has 0 spiro atoms. The molecule has 0 saturated heterocycles. The highest BCUT2D eigenvalue weighted by molar-refractivity contribution is 6.41. The van der Waals surface area contributed by atoms with Crippen LogP contribution in [0.3, 0.4) is 0 Å². The Hall–Kier alpha value is -5.15. The molecule has 2 aliphatic rings. The van der Waals surface area contributed by atoms with Crippen molar-refractivity contribution in [1.29, 1.82) is 0 Å². The number of aliphatic hydroxyl groups excluding tert-OH is 1. The van der Waals surface area contributed by atoms with Crippen molar-refractivity contribution in [3.63, 3.8) is 0 Å². The van der Waals surface area contributed by atoms with Gasteiger partial charge in [0.1, 0.15) is 0 Å². The Morgan fingerprint density at radius 3 is 1.40 bits per heavy atom. The quantitative estimate of drug-likeness (QED) is 0.0552. The molecule has 2 aliphatic heterocycles. The lowest BCUT2D eigenvalue weighted by molar-refractivity contribution is -0.139. The van der Waals surface area contributed by atoms with E-state index in [1.54, 1.807) is 31.2 Å². The van der Waals surface area contributed by atoms with E-state index in [9.17, 15) is 29.1 Å². The van der Waals surface area contributed by atoms with Gasteiger partial charge in [-0.2, -0.15) is 0 Å². The summed E-state index contributed by atoms with van der Waals surface area (Å²) in [5.41, 5.74) is 2.13. The van der Waals surface area contributed by atoms with Gasteiger partial charge in [0.15, 0.2) is 0 Å².